The van der Waals surface area contributed by atoms with Crippen LogP contribution in [0.15, 0.2) is 12.3 Å². The normalized spacial score (nSPS) is 16.4. The lowest BCUT2D eigenvalue weighted by molar-refractivity contribution is -0.138. The fourth-order valence-corrected chi connectivity index (χ4v) is 3.15. The summed E-state index contributed by atoms with van der Waals surface area (Å²) in [5.74, 6) is -0.650. The molecule has 7 nitrogen and oxygen atoms in total. The molecule has 0 bridgehead atoms. The van der Waals surface area contributed by atoms with Gasteiger partial charge in [0.15, 0.2) is 5.69 Å². The van der Waals surface area contributed by atoms with Crippen molar-refractivity contribution in [1.29, 1.82) is 5.26 Å². The van der Waals surface area contributed by atoms with Crippen LogP contribution in [0.2, 0.25) is 0 Å². The predicted octanol–water partition coefficient (Wildman–Crippen LogP) is 4.14. The minimum atomic E-state index is -4.80. The summed E-state index contributed by atoms with van der Waals surface area (Å²) in [6.07, 6.45) is -1.72. The molecule has 1 aromatic heterocycles. The Labute approximate surface area is 166 Å². The smallest absolute Gasteiger partial charge is 0.419 e. The van der Waals surface area contributed by atoms with E-state index < -0.39 is 40.6 Å². The molecule has 2 rings (SSSR count). The van der Waals surface area contributed by atoms with Crippen molar-refractivity contribution >= 4 is 17.7 Å². The molecule has 1 saturated carbocycles. The van der Waals surface area contributed by atoms with E-state index in [1.165, 1.54) is 6.07 Å². The Morgan fingerprint density at radius 3 is 2.34 bits per heavy atom. The molecule has 0 aromatic carbocycles. The average Bonchev–Trinajstić information content (AvgIpc) is 2.60. The zero-order chi connectivity index (χ0) is 21.9. The molecule has 0 radical (unpaired) electrons. The Kier molecular flexibility index (Phi) is 6.40. The molecule has 0 spiro atoms. The summed E-state index contributed by atoms with van der Waals surface area (Å²) in [7, 11) is 0. The van der Waals surface area contributed by atoms with Gasteiger partial charge in [0.25, 0.3) is 0 Å². The number of carbonyl (C=O) groups is 2. The molecule has 10 heteroatoms. The summed E-state index contributed by atoms with van der Waals surface area (Å²) in [5.41, 5.74) is -4.30. The number of nitrogens with one attached hydrogen (secondary N) is 2. The number of nitriles is 1. The van der Waals surface area contributed by atoms with Gasteiger partial charge in [-0.2, -0.15) is 18.4 Å². The lowest BCUT2D eigenvalue weighted by Crippen LogP contribution is -2.58. The van der Waals surface area contributed by atoms with Crippen molar-refractivity contribution in [3.8, 4) is 6.07 Å². The number of aromatic nitrogens is 1. The molecule has 0 atom stereocenters. The first-order valence-electron chi connectivity index (χ1n) is 9.16. The highest BCUT2D eigenvalue weighted by molar-refractivity contribution is 6.00. The van der Waals surface area contributed by atoms with E-state index in [2.05, 4.69) is 15.6 Å². The van der Waals surface area contributed by atoms with Crippen molar-refractivity contribution in [3.63, 3.8) is 0 Å². The van der Waals surface area contributed by atoms with E-state index in [1.807, 2.05) is 0 Å². The number of alkyl carbamates (subject to hydrolysis) is 1. The molecule has 0 unspecified atom stereocenters. The van der Waals surface area contributed by atoms with Gasteiger partial charge in [-0.15, -0.1) is 0 Å². The highest BCUT2D eigenvalue weighted by Gasteiger charge is 2.42. The van der Waals surface area contributed by atoms with E-state index in [9.17, 15) is 22.8 Å². The first-order valence-corrected chi connectivity index (χ1v) is 9.16. The Bertz CT molecular complexity index is 819. The fraction of sp³-hybridized carbons (Fsp3) is 0.579. The molecule has 29 heavy (non-hydrogen) atoms. The van der Waals surface area contributed by atoms with Crippen molar-refractivity contribution in [1.82, 2.24) is 10.3 Å². The minimum Gasteiger partial charge on any atom is -0.444 e. The lowest BCUT2D eigenvalue weighted by Gasteiger charge is -2.37. The number of hydrogen-bond acceptors (Lipinski definition) is 5. The number of alkyl halides is 3. The van der Waals surface area contributed by atoms with Crippen molar-refractivity contribution < 1.29 is 27.5 Å². The molecule has 1 aliphatic carbocycles. The Morgan fingerprint density at radius 1 is 1.21 bits per heavy atom. The number of ether oxygens (including phenoxy) is 1. The van der Waals surface area contributed by atoms with Crippen molar-refractivity contribution in [3.05, 3.63) is 23.5 Å². The van der Waals surface area contributed by atoms with Gasteiger partial charge in [0, 0.05) is 0 Å². The number of hydrogen-bond donors (Lipinski definition) is 2. The monoisotopic (exact) mass is 412 g/mol. The summed E-state index contributed by atoms with van der Waals surface area (Å²) >= 11 is 0. The van der Waals surface area contributed by atoms with Crippen LogP contribution in [0.5, 0.6) is 0 Å². The first-order chi connectivity index (χ1) is 13.4. The molecule has 1 aliphatic rings. The SMILES string of the molecule is CC(C)(C)OC(=O)NC1(C(=O)Nc2cnc(C#N)c(C(F)(F)F)c2)CCCCC1. The van der Waals surface area contributed by atoms with Gasteiger partial charge >= 0.3 is 12.3 Å². The summed E-state index contributed by atoms with van der Waals surface area (Å²) in [6.45, 7) is 5.05. The lowest BCUT2D eigenvalue weighted by atomic mass is 9.81. The maximum absolute atomic E-state index is 13.1. The quantitative estimate of drug-likeness (QED) is 0.777. The number of pyridine rings is 1. The zero-order valence-electron chi connectivity index (χ0n) is 16.4. The Hall–Kier alpha value is -2.83. The predicted molar refractivity (Wildman–Crippen MR) is 97.8 cm³/mol. The molecule has 0 aliphatic heterocycles. The Balaban J connectivity index is 2.27. The number of halogens is 3. The highest BCUT2D eigenvalue weighted by atomic mass is 19.4. The zero-order valence-corrected chi connectivity index (χ0v) is 16.4. The molecular formula is C19H23F3N4O3. The molecule has 1 fully saturated rings. The van der Waals surface area contributed by atoms with Crippen LogP contribution in [0.3, 0.4) is 0 Å². The summed E-state index contributed by atoms with van der Waals surface area (Å²) in [4.78, 5) is 28.7. The number of nitrogens with zero attached hydrogens (tertiary/aromatic N) is 2. The maximum atomic E-state index is 13.1. The van der Waals surface area contributed by atoms with E-state index in [1.54, 1.807) is 20.8 Å². The van der Waals surface area contributed by atoms with Crippen LogP contribution in [0, 0.1) is 11.3 Å². The van der Waals surface area contributed by atoms with Gasteiger partial charge in [0.2, 0.25) is 5.91 Å². The van der Waals surface area contributed by atoms with Gasteiger partial charge in [-0.3, -0.25) is 4.79 Å². The van der Waals surface area contributed by atoms with Crippen LogP contribution in [0.1, 0.15) is 64.1 Å². The summed E-state index contributed by atoms with van der Waals surface area (Å²) < 4.78 is 44.6. The molecule has 0 saturated heterocycles. The molecule has 158 valence electrons. The molecule has 2 N–H and O–H groups in total. The second-order valence-corrected chi connectivity index (χ2v) is 7.95. The standard InChI is InChI=1S/C19H23F3N4O3/c1-17(2,3)29-16(28)26-18(7-5-4-6-8-18)15(27)25-12-9-13(19(20,21)22)14(10-23)24-11-12/h9,11H,4-8H2,1-3H3,(H,25,27)(H,26,28). The van der Waals surface area contributed by atoms with Crippen molar-refractivity contribution in [2.45, 2.75) is 70.2 Å². The van der Waals surface area contributed by atoms with Gasteiger partial charge in [-0.05, 0) is 39.7 Å². The van der Waals surface area contributed by atoms with Crippen LogP contribution in [-0.2, 0) is 15.7 Å². The van der Waals surface area contributed by atoms with Crippen LogP contribution in [-0.4, -0.2) is 28.1 Å². The van der Waals surface area contributed by atoms with Gasteiger partial charge < -0.3 is 15.4 Å². The first kappa shape index (κ1) is 22.5. The van der Waals surface area contributed by atoms with E-state index in [4.69, 9.17) is 10.00 Å². The average molecular weight is 412 g/mol. The van der Waals surface area contributed by atoms with Crippen LogP contribution < -0.4 is 10.6 Å². The van der Waals surface area contributed by atoms with Crippen LogP contribution >= 0.6 is 0 Å². The third kappa shape index (κ3) is 5.82. The van der Waals surface area contributed by atoms with E-state index in [0.717, 1.165) is 12.6 Å². The van der Waals surface area contributed by atoms with Gasteiger partial charge in [-0.25, -0.2) is 9.78 Å². The maximum Gasteiger partial charge on any atom is 0.419 e. The molecule has 1 aromatic rings. The summed E-state index contributed by atoms with van der Waals surface area (Å²) in [5, 5.41) is 13.8. The van der Waals surface area contributed by atoms with E-state index in [-0.39, 0.29) is 5.69 Å². The third-order valence-corrected chi connectivity index (χ3v) is 4.44. The number of amides is 2. The van der Waals surface area contributed by atoms with Gasteiger partial charge in [-0.1, -0.05) is 19.3 Å². The largest absolute Gasteiger partial charge is 0.444 e. The summed E-state index contributed by atoms with van der Waals surface area (Å²) in [6, 6.07) is 2.04. The van der Waals surface area contributed by atoms with Crippen molar-refractivity contribution in [2.24, 2.45) is 0 Å². The van der Waals surface area contributed by atoms with E-state index in [0.29, 0.717) is 31.7 Å². The highest BCUT2D eigenvalue weighted by Crippen LogP contribution is 2.34. The number of rotatable bonds is 3. The van der Waals surface area contributed by atoms with Crippen molar-refractivity contribution in [2.75, 3.05) is 5.32 Å². The molecule has 1 heterocycles. The van der Waals surface area contributed by atoms with E-state index >= 15 is 0 Å². The van der Waals surface area contributed by atoms with Crippen LogP contribution in [0.25, 0.3) is 0 Å². The van der Waals surface area contributed by atoms with Gasteiger partial charge in [0.1, 0.15) is 17.2 Å². The molecular weight excluding hydrogens is 389 g/mol. The second-order valence-electron chi connectivity index (χ2n) is 7.95. The topological polar surface area (TPSA) is 104 Å². The number of anilines is 1. The third-order valence-electron chi connectivity index (χ3n) is 4.44. The van der Waals surface area contributed by atoms with Crippen LogP contribution in [0.4, 0.5) is 23.7 Å². The second kappa shape index (κ2) is 8.27. The molecule has 2 amide bonds. The Morgan fingerprint density at radius 2 is 1.83 bits per heavy atom. The fourth-order valence-electron chi connectivity index (χ4n) is 3.15. The number of carbonyl (C=O) groups excluding carboxylic acids is 2. The minimum absolute atomic E-state index is 0.211. The van der Waals surface area contributed by atoms with Gasteiger partial charge in [0.05, 0.1) is 17.4 Å².